The maximum Gasteiger partial charge on any atom is 0.0919 e. The van der Waals surface area contributed by atoms with Gasteiger partial charge in [0.25, 0.3) is 0 Å². The summed E-state index contributed by atoms with van der Waals surface area (Å²) < 4.78 is 0. The molecule has 0 aromatic carbocycles. The van der Waals surface area contributed by atoms with Gasteiger partial charge in [-0.3, -0.25) is 0 Å². The van der Waals surface area contributed by atoms with Gasteiger partial charge in [0.05, 0.1) is 6.04 Å². The lowest BCUT2D eigenvalue weighted by molar-refractivity contribution is 0.406. The molecule has 0 saturated heterocycles. The minimum atomic E-state index is 0.131. The van der Waals surface area contributed by atoms with Crippen molar-refractivity contribution in [1.29, 1.82) is 0 Å². The Bertz CT molecular complexity index is 158. The fourth-order valence-electron chi connectivity index (χ4n) is 2.44. The molecule has 2 atom stereocenters. The molecule has 0 bridgehead atoms. The summed E-state index contributed by atoms with van der Waals surface area (Å²) in [5, 5.41) is 3.19. The minimum absolute atomic E-state index is 0.131. The predicted octanol–water partition coefficient (Wildman–Crippen LogP) is 4.28. The molecule has 0 radical (unpaired) electrons. The summed E-state index contributed by atoms with van der Waals surface area (Å²) in [4.78, 5) is 10.4. The highest BCUT2D eigenvalue weighted by atomic mass is 16.3. The van der Waals surface area contributed by atoms with Crippen LogP contribution >= 0.6 is 0 Å². The van der Waals surface area contributed by atoms with E-state index in [1.807, 2.05) is 0 Å². The van der Waals surface area contributed by atoms with Gasteiger partial charge in [0, 0.05) is 0 Å². The van der Waals surface area contributed by atoms with E-state index in [0.717, 1.165) is 18.8 Å². The van der Waals surface area contributed by atoms with Crippen molar-refractivity contribution in [3.8, 4) is 0 Å². The van der Waals surface area contributed by atoms with Crippen molar-refractivity contribution >= 4 is 0 Å². The monoisotopic (exact) mass is 197 g/mol. The molecular weight excluding hydrogens is 174 g/mol. The summed E-state index contributed by atoms with van der Waals surface area (Å²) >= 11 is 0. The van der Waals surface area contributed by atoms with Gasteiger partial charge in [-0.15, -0.1) is 0 Å². The van der Waals surface area contributed by atoms with E-state index >= 15 is 0 Å². The van der Waals surface area contributed by atoms with Crippen molar-refractivity contribution in [2.75, 3.05) is 0 Å². The smallest absolute Gasteiger partial charge is 0.0919 e. The molecule has 1 aliphatic rings. The van der Waals surface area contributed by atoms with Gasteiger partial charge >= 0.3 is 0 Å². The van der Waals surface area contributed by atoms with Crippen LogP contribution in [-0.4, -0.2) is 6.04 Å². The quantitative estimate of drug-likeness (QED) is 0.367. The highest BCUT2D eigenvalue weighted by molar-refractivity contribution is 4.74. The zero-order chi connectivity index (χ0) is 10.2. The van der Waals surface area contributed by atoms with Crippen molar-refractivity contribution in [1.82, 2.24) is 0 Å². The Morgan fingerprint density at radius 3 is 2.71 bits per heavy atom. The third-order valence-corrected chi connectivity index (χ3v) is 3.42. The first-order valence-corrected chi connectivity index (χ1v) is 6.19. The maximum absolute atomic E-state index is 10.4. The van der Waals surface area contributed by atoms with Gasteiger partial charge in [-0.25, -0.2) is 0 Å². The fourth-order valence-corrected chi connectivity index (χ4v) is 2.44. The van der Waals surface area contributed by atoms with E-state index in [2.05, 4.69) is 12.1 Å². The standard InChI is InChI=1S/C12H23NO/c1-2-3-4-6-11-7-5-8-12(13-14)10-9-11/h11-12H,2-10H2,1H3. The normalized spacial score (nSPS) is 28.4. The lowest BCUT2D eigenvalue weighted by atomic mass is 9.94. The van der Waals surface area contributed by atoms with Crippen LogP contribution in [0.15, 0.2) is 5.18 Å². The van der Waals surface area contributed by atoms with Crippen molar-refractivity contribution < 1.29 is 0 Å². The minimum Gasteiger partial charge on any atom is -0.151 e. The molecule has 1 saturated carbocycles. The van der Waals surface area contributed by atoms with Gasteiger partial charge in [-0.1, -0.05) is 50.6 Å². The Morgan fingerprint density at radius 2 is 2.00 bits per heavy atom. The summed E-state index contributed by atoms with van der Waals surface area (Å²) in [6, 6.07) is 0.131. The summed E-state index contributed by atoms with van der Waals surface area (Å²) in [5.41, 5.74) is 0. The average Bonchev–Trinajstić information content (AvgIpc) is 2.43. The van der Waals surface area contributed by atoms with Crippen LogP contribution in [0.1, 0.15) is 64.7 Å². The molecule has 2 nitrogen and oxygen atoms in total. The molecule has 0 N–H and O–H groups in total. The van der Waals surface area contributed by atoms with Crippen molar-refractivity contribution in [2.45, 2.75) is 70.8 Å². The molecule has 0 aliphatic heterocycles. The van der Waals surface area contributed by atoms with E-state index in [4.69, 9.17) is 0 Å². The molecule has 1 fully saturated rings. The number of hydrogen-bond donors (Lipinski definition) is 0. The van der Waals surface area contributed by atoms with E-state index in [-0.39, 0.29) is 6.04 Å². The lowest BCUT2D eigenvalue weighted by Gasteiger charge is -2.12. The first kappa shape index (κ1) is 11.7. The summed E-state index contributed by atoms with van der Waals surface area (Å²) in [7, 11) is 0. The average molecular weight is 197 g/mol. The van der Waals surface area contributed by atoms with Crippen LogP contribution in [0.4, 0.5) is 0 Å². The fraction of sp³-hybridized carbons (Fsp3) is 1.00. The first-order valence-electron chi connectivity index (χ1n) is 6.19. The summed E-state index contributed by atoms with van der Waals surface area (Å²) in [5.74, 6) is 0.883. The van der Waals surface area contributed by atoms with Crippen molar-refractivity contribution in [3.05, 3.63) is 4.91 Å². The molecule has 0 amide bonds. The second-order valence-corrected chi connectivity index (χ2v) is 4.63. The van der Waals surface area contributed by atoms with E-state index in [9.17, 15) is 4.91 Å². The Kier molecular flexibility index (Phi) is 5.81. The van der Waals surface area contributed by atoms with Crippen LogP contribution in [0.5, 0.6) is 0 Å². The van der Waals surface area contributed by atoms with Crippen LogP contribution in [0.3, 0.4) is 0 Å². The number of hydrogen-bond acceptors (Lipinski definition) is 2. The second kappa shape index (κ2) is 6.97. The molecule has 0 aromatic heterocycles. The number of unbranched alkanes of at least 4 members (excludes halogenated alkanes) is 2. The van der Waals surface area contributed by atoms with E-state index in [0.29, 0.717) is 0 Å². The molecule has 0 heterocycles. The zero-order valence-electron chi connectivity index (χ0n) is 9.37. The van der Waals surface area contributed by atoms with Gasteiger partial charge in [0.15, 0.2) is 0 Å². The Hall–Kier alpha value is -0.400. The van der Waals surface area contributed by atoms with Gasteiger partial charge in [0.1, 0.15) is 0 Å². The molecule has 2 heteroatoms. The van der Waals surface area contributed by atoms with Crippen LogP contribution in [0.2, 0.25) is 0 Å². The Labute approximate surface area is 87.4 Å². The third-order valence-electron chi connectivity index (χ3n) is 3.42. The van der Waals surface area contributed by atoms with Crippen molar-refractivity contribution in [3.63, 3.8) is 0 Å². The Balaban J connectivity index is 2.17. The highest BCUT2D eigenvalue weighted by Crippen LogP contribution is 2.28. The molecule has 1 aliphatic carbocycles. The highest BCUT2D eigenvalue weighted by Gasteiger charge is 2.18. The Morgan fingerprint density at radius 1 is 1.14 bits per heavy atom. The van der Waals surface area contributed by atoms with Gasteiger partial charge in [0.2, 0.25) is 0 Å². The SMILES string of the molecule is CCCCCC1CCCC(N=O)CC1. The maximum atomic E-state index is 10.4. The molecular formula is C12H23NO. The zero-order valence-corrected chi connectivity index (χ0v) is 9.37. The van der Waals surface area contributed by atoms with Gasteiger partial charge in [-0.05, 0) is 25.2 Å². The van der Waals surface area contributed by atoms with Gasteiger partial charge in [-0.2, -0.15) is 4.91 Å². The second-order valence-electron chi connectivity index (χ2n) is 4.63. The van der Waals surface area contributed by atoms with Crippen LogP contribution in [0.25, 0.3) is 0 Å². The predicted molar refractivity (Wildman–Crippen MR) is 60.3 cm³/mol. The molecule has 0 spiro atoms. The molecule has 82 valence electrons. The number of rotatable bonds is 5. The van der Waals surface area contributed by atoms with Crippen molar-refractivity contribution in [2.24, 2.45) is 11.1 Å². The summed E-state index contributed by atoms with van der Waals surface area (Å²) in [6.45, 7) is 2.25. The molecule has 2 unspecified atom stereocenters. The van der Waals surface area contributed by atoms with E-state index in [1.54, 1.807) is 0 Å². The molecule has 14 heavy (non-hydrogen) atoms. The first-order chi connectivity index (χ1) is 6.86. The van der Waals surface area contributed by atoms with E-state index < -0.39 is 0 Å². The number of nitrogens with zero attached hydrogens (tertiary/aromatic N) is 1. The molecule has 0 aromatic rings. The summed E-state index contributed by atoms with van der Waals surface area (Å²) in [6.07, 6.45) is 11.3. The van der Waals surface area contributed by atoms with Crippen LogP contribution < -0.4 is 0 Å². The van der Waals surface area contributed by atoms with Gasteiger partial charge < -0.3 is 0 Å². The lowest BCUT2D eigenvalue weighted by Crippen LogP contribution is -2.02. The topological polar surface area (TPSA) is 29.4 Å². The van der Waals surface area contributed by atoms with Crippen LogP contribution in [0, 0.1) is 10.8 Å². The number of nitroso groups, excluding NO2 is 1. The largest absolute Gasteiger partial charge is 0.151 e. The third kappa shape index (κ3) is 4.21. The molecule has 1 rings (SSSR count). The van der Waals surface area contributed by atoms with Crippen LogP contribution in [-0.2, 0) is 0 Å². The van der Waals surface area contributed by atoms with E-state index in [1.165, 1.54) is 44.9 Å².